The Labute approximate surface area is 105 Å². The molecule has 4 heteroatoms. The highest BCUT2D eigenvalue weighted by molar-refractivity contribution is 4.72. The zero-order valence-corrected chi connectivity index (χ0v) is 11.3. The van der Waals surface area contributed by atoms with E-state index in [1.165, 1.54) is 0 Å². The lowest BCUT2D eigenvalue weighted by Crippen LogP contribution is -2.36. The van der Waals surface area contributed by atoms with Gasteiger partial charge in [-0.15, -0.1) is 0 Å². The summed E-state index contributed by atoms with van der Waals surface area (Å²) in [6.45, 7) is 9.71. The molecule has 102 valence electrons. The number of rotatable bonds is 11. The van der Waals surface area contributed by atoms with Gasteiger partial charge in [0, 0.05) is 13.2 Å². The molecule has 1 aliphatic heterocycles. The third-order valence-electron chi connectivity index (χ3n) is 2.74. The van der Waals surface area contributed by atoms with E-state index in [0.29, 0.717) is 25.9 Å². The van der Waals surface area contributed by atoms with Gasteiger partial charge in [0.2, 0.25) is 0 Å². The Balaban J connectivity index is 2.29. The molecule has 1 saturated heterocycles. The van der Waals surface area contributed by atoms with Gasteiger partial charge in [0.05, 0.1) is 25.9 Å². The molecule has 0 amide bonds. The predicted molar refractivity (Wildman–Crippen MR) is 66.3 cm³/mol. The average molecular weight is 246 g/mol. The van der Waals surface area contributed by atoms with Crippen molar-refractivity contribution < 1.29 is 18.9 Å². The smallest absolute Gasteiger partial charge is 0.107 e. The van der Waals surface area contributed by atoms with Crippen molar-refractivity contribution in [1.82, 2.24) is 0 Å². The van der Waals surface area contributed by atoms with Crippen LogP contribution < -0.4 is 0 Å². The Bertz CT molecular complexity index is 176. The van der Waals surface area contributed by atoms with Gasteiger partial charge in [0.15, 0.2) is 0 Å². The van der Waals surface area contributed by atoms with Gasteiger partial charge in [-0.05, 0) is 20.3 Å². The third kappa shape index (κ3) is 6.36. The summed E-state index contributed by atoms with van der Waals surface area (Å²) >= 11 is 0. The SMILES string of the molecule is CCCC(OCC)C(COCC1CO1)OCC. The van der Waals surface area contributed by atoms with Gasteiger partial charge >= 0.3 is 0 Å². The summed E-state index contributed by atoms with van der Waals surface area (Å²) in [5.41, 5.74) is 0. The lowest BCUT2D eigenvalue weighted by atomic mass is 10.1. The van der Waals surface area contributed by atoms with Gasteiger partial charge in [-0.2, -0.15) is 0 Å². The maximum atomic E-state index is 5.73. The molecule has 1 fully saturated rings. The quantitative estimate of drug-likeness (QED) is 0.523. The number of hydrogen-bond acceptors (Lipinski definition) is 4. The molecule has 1 heterocycles. The van der Waals surface area contributed by atoms with Crippen molar-refractivity contribution >= 4 is 0 Å². The highest BCUT2D eigenvalue weighted by Gasteiger charge is 2.25. The summed E-state index contributed by atoms with van der Waals surface area (Å²) in [7, 11) is 0. The topological polar surface area (TPSA) is 40.2 Å². The van der Waals surface area contributed by atoms with E-state index in [0.717, 1.165) is 26.1 Å². The van der Waals surface area contributed by atoms with Crippen molar-refractivity contribution in [3.05, 3.63) is 0 Å². The minimum Gasteiger partial charge on any atom is -0.376 e. The summed E-state index contributed by atoms with van der Waals surface area (Å²) in [4.78, 5) is 0. The lowest BCUT2D eigenvalue weighted by molar-refractivity contribution is -0.103. The maximum absolute atomic E-state index is 5.73. The molecule has 0 aliphatic carbocycles. The van der Waals surface area contributed by atoms with Crippen LogP contribution in [-0.2, 0) is 18.9 Å². The van der Waals surface area contributed by atoms with E-state index in [-0.39, 0.29) is 12.2 Å². The van der Waals surface area contributed by atoms with Gasteiger partial charge in [-0.1, -0.05) is 13.3 Å². The van der Waals surface area contributed by atoms with Crippen LogP contribution in [0.4, 0.5) is 0 Å². The van der Waals surface area contributed by atoms with Crippen molar-refractivity contribution in [1.29, 1.82) is 0 Å². The zero-order chi connectivity index (χ0) is 12.5. The standard InChI is InChI=1S/C13H26O4/c1-4-7-12(15-5-2)13(16-6-3)10-14-8-11-9-17-11/h11-13H,4-10H2,1-3H3. The van der Waals surface area contributed by atoms with E-state index in [1.807, 2.05) is 13.8 Å². The number of ether oxygens (including phenoxy) is 4. The number of epoxide rings is 1. The Morgan fingerprint density at radius 1 is 1.12 bits per heavy atom. The maximum Gasteiger partial charge on any atom is 0.107 e. The summed E-state index contributed by atoms with van der Waals surface area (Å²) in [6, 6.07) is 0. The molecule has 0 aromatic rings. The lowest BCUT2D eigenvalue weighted by Gasteiger charge is -2.26. The van der Waals surface area contributed by atoms with Crippen LogP contribution in [0.5, 0.6) is 0 Å². The average Bonchev–Trinajstić information content (AvgIpc) is 3.12. The monoisotopic (exact) mass is 246 g/mol. The van der Waals surface area contributed by atoms with E-state index < -0.39 is 0 Å². The Hall–Kier alpha value is -0.160. The summed E-state index contributed by atoms with van der Waals surface area (Å²) in [5, 5.41) is 0. The minimum absolute atomic E-state index is 0.0404. The molecule has 3 atom stereocenters. The molecule has 0 saturated carbocycles. The van der Waals surface area contributed by atoms with Crippen molar-refractivity contribution in [3.63, 3.8) is 0 Å². The van der Waals surface area contributed by atoms with Crippen LogP contribution in [-0.4, -0.2) is 51.3 Å². The molecule has 0 N–H and O–H groups in total. The Morgan fingerprint density at radius 3 is 2.29 bits per heavy atom. The first-order valence-electron chi connectivity index (χ1n) is 6.74. The molecule has 3 unspecified atom stereocenters. The molecule has 0 radical (unpaired) electrons. The zero-order valence-electron chi connectivity index (χ0n) is 11.3. The molecule has 1 aliphatic rings. The van der Waals surface area contributed by atoms with E-state index in [4.69, 9.17) is 18.9 Å². The van der Waals surface area contributed by atoms with Gasteiger partial charge in [0.25, 0.3) is 0 Å². The first-order chi connectivity index (χ1) is 8.31. The summed E-state index contributed by atoms with van der Waals surface area (Å²) in [5.74, 6) is 0. The van der Waals surface area contributed by atoms with E-state index >= 15 is 0 Å². The van der Waals surface area contributed by atoms with E-state index in [1.54, 1.807) is 0 Å². The highest BCUT2D eigenvalue weighted by atomic mass is 16.6. The van der Waals surface area contributed by atoms with Crippen molar-refractivity contribution in [2.75, 3.05) is 33.0 Å². The second-order valence-electron chi connectivity index (χ2n) is 4.27. The Kier molecular flexibility index (Phi) is 7.77. The third-order valence-corrected chi connectivity index (χ3v) is 2.74. The van der Waals surface area contributed by atoms with E-state index in [2.05, 4.69) is 6.92 Å². The van der Waals surface area contributed by atoms with Crippen LogP contribution in [0.15, 0.2) is 0 Å². The van der Waals surface area contributed by atoms with Gasteiger partial charge in [0.1, 0.15) is 12.2 Å². The van der Waals surface area contributed by atoms with Crippen molar-refractivity contribution in [2.24, 2.45) is 0 Å². The van der Waals surface area contributed by atoms with Crippen molar-refractivity contribution in [2.45, 2.75) is 51.9 Å². The second-order valence-corrected chi connectivity index (χ2v) is 4.27. The second kappa shape index (κ2) is 8.86. The molecule has 0 spiro atoms. The largest absolute Gasteiger partial charge is 0.376 e. The minimum atomic E-state index is 0.0404. The normalized spacial score (nSPS) is 22.4. The molecule has 1 rings (SSSR count). The molecular formula is C13H26O4. The predicted octanol–water partition coefficient (Wildman–Crippen LogP) is 2.01. The first kappa shape index (κ1) is 14.9. The molecule has 0 aromatic carbocycles. The first-order valence-corrected chi connectivity index (χ1v) is 6.74. The van der Waals surface area contributed by atoms with Gasteiger partial charge in [-0.25, -0.2) is 0 Å². The fraction of sp³-hybridized carbons (Fsp3) is 1.00. The molecular weight excluding hydrogens is 220 g/mol. The van der Waals surface area contributed by atoms with Crippen LogP contribution in [0.2, 0.25) is 0 Å². The van der Waals surface area contributed by atoms with Gasteiger partial charge < -0.3 is 18.9 Å². The van der Waals surface area contributed by atoms with Crippen LogP contribution in [0, 0.1) is 0 Å². The van der Waals surface area contributed by atoms with E-state index in [9.17, 15) is 0 Å². The van der Waals surface area contributed by atoms with Gasteiger partial charge in [-0.3, -0.25) is 0 Å². The summed E-state index contributed by atoms with van der Waals surface area (Å²) < 4.78 is 22.2. The fourth-order valence-corrected chi connectivity index (χ4v) is 1.83. The molecule has 17 heavy (non-hydrogen) atoms. The van der Waals surface area contributed by atoms with Crippen LogP contribution in [0.3, 0.4) is 0 Å². The molecule has 4 nitrogen and oxygen atoms in total. The molecule has 0 bridgehead atoms. The highest BCUT2D eigenvalue weighted by Crippen LogP contribution is 2.14. The fourth-order valence-electron chi connectivity index (χ4n) is 1.83. The van der Waals surface area contributed by atoms with Crippen LogP contribution in [0.25, 0.3) is 0 Å². The van der Waals surface area contributed by atoms with Crippen molar-refractivity contribution in [3.8, 4) is 0 Å². The number of hydrogen-bond donors (Lipinski definition) is 0. The molecule has 0 aromatic heterocycles. The van der Waals surface area contributed by atoms with Crippen LogP contribution in [0.1, 0.15) is 33.6 Å². The Morgan fingerprint density at radius 2 is 1.76 bits per heavy atom. The van der Waals surface area contributed by atoms with Crippen LogP contribution >= 0.6 is 0 Å². The summed E-state index contributed by atoms with van der Waals surface area (Å²) in [6.07, 6.45) is 2.61.